The number of nitrogens with zero attached hydrogens (tertiary/aromatic N) is 1. The molecule has 1 heterocycles. The number of hydrogen-bond acceptors (Lipinski definition) is 5. The number of H-pyrrole nitrogens is 1. The number of carbonyl (C=O) groups is 3. The fourth-order valence-electron chi connectivity index (χ4n) is 2.53. The van der Waals surface area contributed by atoms with Gasteiger partial charge in [0, 0.05) is 17.4 Å². The summed E-state index contributed by atoms with van der Waals surface area (Å²) in [6.45, 7) is 10.9. The molecule has 1 amide bonds. The molecule has 0 fully saturated rings. The third-order valence-corrected chi connectivity index (χ3v) is 2.97. The number of ether oxygens (including phenoxy) is 1. The number of alkyl carbamates (subject to hydrolysis) is 1. The summed E-state index contributed by atoms with van der Waals surface area (Å²) in [6, 6.07) is 0. The van der Waals surface area contributed by atoms with Crippen molar-refractivity contribution in [3.63, 3.8) is 0 Å². The Balaban J connectivity index is 0.000000896. The van der Waals surface area contributed by atoms with E-state index in [0.717, 1.165) is 25.0 Å². The van der Waals surface area contributed by atoms with Gasteiger partial charge in [0.2, 0.25) is 0 Å². The predicted octanol–water partition coefficient (Wildman–Crippen LogP) is 2.44. The van der Waals surface area contributed by atoms with Crippen molar-refractivity contribution >= 4 is 18.0 Å². The molecule has 1 rings (SSSR count). The molecule has 0 saturated heterocycles. The van der Waals surface area contributed by atoms with Crippen LogP contribution in [-0.4, -0.2) is 50.4 Å². The van der Waals surface area contributed by atoms with Gasteiger partial charge in [0.1, 0.15) is 0 Å². The molecule has 0 bridgehead atoms. The molecule has 0 radical (unpaired) electrons. The van der Waals surface area contributed by atoms with Crippen LogP contribution in [0.2, 0.25) is 0 Å². The summed E-state index contributed by atoms with van der Waals surface area (Å²) in [5.41, 5.74) is 0.956. The molecule has 0 aliphatic heterocycles. The Bertz CT molecular complexity index is 564. The minimum Gasteiger partial charge on any atom is -0.473 e. The topological polar surface area (TPSA) is 142 Å². The summed E-state index contributed by atoms with van der Waals surface area (Å²) in [4.78, 5) is 36.9. The Morgan fingerprint density at radius 1 is 1.15 bits per heavy atom. The zero-order valence-electron chi connectivity index (χ0n) is 16.0. The molecule has 9 heteroatoms. The number of hydrogen-bond donors (Lipinski definition) is 4. The number of aromatic nitrogens is 2. The Kier molecular flexibility index (Phi) is 9.39. The molecule has 9 nitrogen and oxygen atoms in total. The molecule has 1 aromatic rings. The van der Waals surface area contributed by atoms with Crippen molar-refractivity contribution in [2.75, 3.05) is 6.61 Å². The van der Waals surface area contributed by atoms with Gasteiger partial charge in [-0.3, -0.25) is 0 Å². The second kappa shape index (κ2) is 10.4. The van der Waals surface area contributed by atoms with E-state index in [0.29, 0.717) is 6.61 Å². The monoisotopic (exact) mass is 371 g/mol. The predicted molar refractivity (Wildman–Crippen MR) is 94.8 cm³/mol. The Labute approximate surface area is 153 Å². The maximum Gasteiger partial charge on any atom is 0.414 e. The Hall–Kier alpha value is -2.58. The molecule has 0 spiro atoms. The maximum atomic E-state index is 11.8. The van der Waals surface area contributed by atoms with Crippen LogP contribution in [0, 0.1) is 5.41 Å². The first kappa shape index (κ1) is 23.4. The van der Waals surface area contributed by atoms with Crippen LogP contribution in [0.1, 0.15) is 53.2 Å². The van der Waals surface area contributed by atoms with Crippen LogP contribution in [0.25, 0.3) is 0 Å². The van der Waals surface area contributed by atoms with Crippen molar-refractivity contribution in [3.8, 4) is 0 Å². The molecule has 0 aliphatic rings. The lowest BCUT2D eigenvalue weighted by atomic mass is 9.82. The molecule has 0 atom stereocenters. The summed E-state index contributed by atoms with van der Waals surface area (Å²) in [7, 11) is 0. The van der Waals surface area contributed by atoms with Crippen LogP contribution in [-0.2, 0) is 20.7 Å². The van der Waals surface area contributed by atoms with E-state index < -0.39 is 11.9 Å². The first-order chi connectivity index (χ1) is 11.8. The van der Waals surface area contributed by atoms with Gasteiger partial charge in [-0.05, 0) is 38.5 Å². The van der Waals surface area contributed by atoms with E-state index in [4.69, 9.17) is 24.5 Å². The lowest BCUT2D eigenvalue weighted by Crippen LogP contribution is -2.46. The van der Waals surface area contributed by atoms with E-state index in [9.17, 15) is 4.79 Å². The van der Waals surface area contributed by atoms with Gasteiger partial charge in [-0.25, -0.2) is 19.4 Å². The van der Waals surface area contributed by atoms with Crippen LogP contribution in [0.5, 0.6) is 0 Å². The largest absolute Gasteiger partial charge is 0.473 e. The molecule has 0 unspecified atom stereocenters. The van der Waals surface area contributed by atoms with Crippen LogP contribution < -0.4 is 5.32 Å². The summed E-state index contributed by atoms with van der Waals surface area (Å²) < 4.78 is 5.21. The van der Waals surface area contributed by atoms with Crippen molar-refractivity contribution in [2.24, 2.45) is 5.41 Å². The highest BCUT2D eigenvalue weighted by Crippen LogP contribution is 2.26. The van der Waals surface area contributed by atoms with Gasteiger partial charge >= 0.3 is 18.0 Å². The molecular formula is C17H29N3O6. The second-order valence-electron chi connectivity index (χ2n) is 7.67. The van der Waals surface area contributed by atoms with E-state index in [1.54, 1.807) is 12.5 Å². The van der Waals surface area contributed by atoms with Crippen LogP contribution >= 0.6 is 0 Å². The molecule has 148 valence electrons. The van der Waals surface area contributed by atoms with E-state index in [2.05, 4.69) is 36.1 Å². The van der Waals surface area contributed by atoms with Crippen molar-refractivity contribution < 1.29 is 29.3 Å². The summed E-state index contributed by atoms with van der Waals surface area (Å²) in [5.74, 6) is -3.65. The average molecular weight is 371 g/mol. The zero-order chi connectivity index (χ0) is 20.4. The van der Waals surface area contributed by atoms with Crippen LogP contribution in [0.15, 0.2) is 12.5 Å². The minimum absolute atomic E-state index is 0.164. The molecular weight excluding hydrogens is 342 g/mol. The highest BCUT2D eigenvalue weighted by molar-refractivity contribution is 6.27. The number of aryl methyl sites for hydroxylation is 1. The number of carboxylic acids is 2. The maximum absolute atomic E-state index is 11.8. The van der Waals surface area contributed by atoms with Gasteiger partial charge in [-0.2, -0.15) is 0 Å². The third kappa shape index (κ3) is 12.8. The number of rotatable bonds is 6. The van der Waals surface area contributed by atoms with E-state index in [1.165, 1.54) is 0 Å². The third-order valence-electron chi connectivity index (χ3n) is 2.97. The van der Waals surface area contributed by atoms with E-state index >= 15 is 0 Å². The summed E-state index contributed by atoms with van der Waals surface area (Å²) in [6.07, 6.45) is 5.60. The minimum atomic E-state index is -1.82. The lowest BCUT2D eigenvalue weighted by Gasteiger charge is -2.32. The van der Waals surface area contributed by atoms with Gasteiger partial charge in [0.25, 0.3) is 0 Å². The molecule has 0 aromatic carbocycles. The van der Waals surface area contributed by atoms with E-state index in [1.807, 2.05) is 13.8 Å². The molecule has 1 aromatic heterocycles. The Morgan fingerprint density at radius 2 is 1.73 bits per heavy atom. The second-order valence-corrected chi connectivity index (χ2v) is 7.67. The fourth-order valence-corrected chi connectivity index (χ4v) is 2.53. The number of nitrogens with one attached hydrogen (secondary N) is 2. The van der Waals surface area contributed by atoms with Gasteiger partial charge < -0.3 is 25.3 Å². The average Bonchev–Trinajstić information content (AvgIpc) is 2.94. The lowest BCUT2D eigenvalue weighted by molar-refractivity contribution is -0.159. The first-order valence-corrected chi connectivity index (χ1v) is 8.21. The van der Waals surface area contributed by atoms with Crippen molar-refractivity contribution in [1.29, 1.82) is 0 Å². The number of carbonyl (C=O) groups excluding carboxylic acids is 1. The molecule has 0 saturated carbocycles. The molecule has 4 N–H and O–H groups in total. The highest BCUT2D eigenvalue weighted by Gasteiger charge is 2.27. The fraction of sp³-hybridized carbons (Fsp3) is 0.647. The molecule has 0 aliphatic carbocycles. The van der Waals surface area contributed by atoms with Crippen molar-refractivity contribution in [3.05, 3.63) is 18.2 Å². The highest BCUT2D eigenvalue weighted by atomic mass is 16.5. The molecule has 26 heavy (non-hydrogen) atoms. The van der Waals surface area contributed by atoms with E-state index in [-0.39, 0.29) is 17.0 Å². The number of amides is 1. The smallest absolute Gasteiger partial charge is 0.414 e. The number of aliphatic carboxylic acids is 2. The first-order valence-electron chi connectivity index (χ1n) is 8.21. The van der Waals surface area contributed by atoms with Gasteiger partial charge in [-0.15, -0.1) is 0 Å². The van der Waals surface area contributed by atoms with Crippen molar-refractivity contribution in [2.45, 2.75) is 59.4 Å². The van der Waals surface area contributed by atoms with Gasteiger partial charge in [0.05, 0.1) is 12.9 Å². The summed E-state index contributed by atoms with van der Waals surface area (Å²) >= 11 is 0. The standard InChI is InChI=1S/C15H27N3O2.C2H2O4/c1-14(2,3)10-15(4,5)18-13(19)20-8-6-7-12-9-16-11-17-12;3-1(4)2(5)6/h9,11H,6-8,10H2,1-5H3,(H,16,17)(H,18,19);(H,3,4)(H,5,6). The van der Waals surface area contributed by atoms with Crippen molar-refractivity contribution in [1.82, 2.24) is 15.3 Å². The zero-order valence-corrected chi connectivity index (χ0v) is 16.0. The quantitative estimate of drug-likeness (QED) is 0.444. The van der Waals surface area contributed by atoms with Gasteiger partial charge in [0.15, 0.2) is 0 Å². The Morgan fingerprint density at radius 3 is 2.15 bits per heavy atom. The van der Waals surface area contributed by atoms with Gasteiger partial charge in [-0.1, -0.05) is 20.8 Å². The number of carboxylic acid groups (broad SMARTS) is 2. The van der Waals surface area contributed by atoms with Crippen LogP contribution in [0.3, 0.4) is 0 Å². The summed E-state index contributed by atoms with van der Waals surface area (Å²) in [5, 5.41) is 17.7. The van der Waals surface area contributed by atoms with Crippen LogP contribution in [0.4, 0.5) is 4.79 Å². The SMILES string of the molecule is CC(C)(C)CC(C)(C)NC(=O)OCCCc1cnc[nH]1.O=C(O)C(=O)O. The number of imidazole rings is 1. The number of aromatic amines is 1. The normalized spacial score (nSPS) is 11.1.